The lowest BCUT2D eigenvalue weighted by Crippen LogP contribution is -2.34. The molecule has 0 bridgehead atoms. The molecule has 0 unspecified atom stereocenters. The van der Waals surface area contributed by atoms with E-state index in [1.165, 1.54) is 11.1 Å². The summed E-state index contributed by atoms with van der Waals surface area (Å²) in [5.41, 5.74) is 6.40. The third-order valence-corrected chi connectivity index (χ3v) is 5.47. The molecule has 168 valence electrons. The van der Waals surface area contributed by atoms with E-state index in [1.54, 1.807) is 24.3 Å². The first-order valence-corrected chi connectivity index (χ1v) is 11.1. The number of hydrogen-bond donors (Lipinski definition) is 2. The number of aryl methyl sites for hydroxylation is 2. The quantitative estimate of drug-likeness (QED) is 0.368. The highest BCUT2D eigenvalue weighted by Gasteiger charge is 2.10. The van der Waals surface area contributed by atoms with Gasteiger partial charge in [0.1, 0.15) is 11.3 Å². The molecule has 4 aromatic rings. The van der Waals surface area contributed by atoms with Crippen LogP contribution in [0.3, 0.4) is 0 Å². The average molecular weight is 460 g/mol. The zero-order valence-electron chi connectivity index (χ0n) is 18.8. The number of ether oxygens (including phenoxy) is 1. The number of carbonyl (C=O) groups excluding carboxylic acids is 1. The van der Waals surface area contributed by atoms with Crippen LogP contribution in [0.15, 0.2) is 65.1 Å². The lowest BCUT2D eigenvalue weighted by atomic mass is 10.1. The SMILES string of the molecule is CCOc1ccc(C(=O)NC(=S)Nc2ccc(Cc3nc4cc(C)c(C)cc4o3)cc2)cc1. The second-order valence-electron chi connectivity index (χ2n) is 7.75. The van der Waals surface area contributed by atoms with Crippen molar-refractivity contribution in [3.8, 4) is 5.75 Å². The molecule has 0 fully saturated rings. The van der Waals surface area contributed by atoms with Gasteiger partial charge >= 0.3 is 0 Å². The molecular weight excluding hydrogens is 434 g/mol. The highest BCUT2D eigenvalue weighted by Crippen LogP contribution is 2.22. The minimum absolute atomic E-state index is 0.228. The molecule has 0 aliphatic rings. The molecule has 3 aromatic carbocycles. The van der Waals surface area contributed by atoms with Crippen LogP contribution in [0.25, 0.3) is 11.1 Å². The van der Waals surface area contributed by atoms with Gasteiger partial charge in [-0.25, -0.2) is 4.98 Å². The summed E-state index contributed by atoms with van der Waals surface area (Å²) in [6, 6.07) is 18.8. The van der Waals surface area contributed by atoms with E-state index in [0.717, 1.165) is 28.1 Å². The number of carbonyl (C=O) groups is 1. The second kappa shape index (κ2) is 9.83. The maximum absolute atomic E-state index is 12.4. The van der Waals surface area contributed by atoms with Gasteiger partial charge in [0.05, 0.1) is 6.61 Å². The molecule has 4 rings (SSSR count). The fraction of sp³-hybridized carbons (Fsp3) is 0.192. The molecule has 1 aromatic heterocycles. The number of fused-ring (bicyclic) bond motifs is 1. The van der Waals surface area contributed by atoms with Gasteiger partial charge < -0.3 is 14.5 Å². The van der Waals surface area contributed by atoms with E-state index in [1.807, 2.05) is 43.3 Å². The molecule has 0 saturated heterocycles. The smallest absolute Gasteiger partial charge is 0.257 e. The van der Waals surface area contributed by atoms with E-state index < -0.39 is 0 Å². The Morgan fingerprint density at radius 3 is 2.42 bits per heavy atom. The molecular formula is C26H25N3O3S. The van der Waals surface area contributed by atoms with Crippen molar-refractivity contribution in [3.05, 3.63) is 88.8 Å². The number of anilines is 1. The van der Waals surface area contributed by atoms with Gasteiger partial charge in [0.25, 0.3) is 5.91 Å². The largest absolute Gasteiger partial charge is 0.494 e. The third-order valence-electron chi connectivity index (χ3n) is 5.27. The maximum Gasteiger partial charge on any atom is 0.257 e. The van der Waals surface area contributed by atoms with Crippen molar-refractivity contribution in [1.82, 2.24) is 10.3 Å². The topological polar surface area (TPSA) is 76.4 Å². The predicted octanol–water partition coefficient (Wildman–Crippen LogP) is 5.56. The molecule has 6 nitrogen and oxygen atoms in total. The van der Waals surface area contributed by atoms with Gasteiger partial charge in [0.15, 0.2) is 16.6 Å². The molecule has 0 saturated carbocycles. The molecule has 0 spiro atoms. The molecule has 0 aliphatic carbocycles. The monoisotopic (exact) mass is 459 g/mol. The molecule has 2 N–H and O–H groups in total. The van der Waals surface area contributed by atoms with E-state index in [2.05, 4.69) is 29.5 Å². The van der Waals surface area contributed by atoms with Crippen molar-refractivity contribution in [2.75, 3.05) is 11.9 Å². The molecule has 7 heteroatoms. The van der Waals surface area contributed by atoms with Crippen molar-refractivity contribution in [3.63, 3.8) is 0 Å². The summed E-state index contributed by atoms with van der Waals surface area (Å²) in [6.07, 6.45) is 0.589. The first-order chi connectivity index (χ1) is 15.9. The third kappa shape index (κ3) is 5.56. The zero-order chi connectivity index (χ0) is 23.4. The predicted molar refractivity (Wildman–Crippen MR) is 134 cm³/mol. The Morgan fingerprint density at radius 1 is 1.03 bits per heavy atom. The van der Waals surface area contributed by atoms with E-state index in [-0.39, 0.29) is 11.0 Å². The minimum atomic E-state index is -0.284. The summed E-state index contributed by atoms with van der Waals surface area (Å²) in [6.45, 7) is 6.62. The van der Waals surface area contributed by atoms with E-state index in [9.17, 15) is 4.79 Å². The standard InChI is InChI=1S/C26H25N3O3S/c1-4-31-21-11-7-19(8-12-21)25(30)29-26(33)27-20-9-5-18(6-10-20)15-24-28-22-13-16(2)17(3)14-23(22)32-24/h5-14H,4,15H2,1-3H3,(H2,27,29,30,33). The van der Waals surface area contributed by atoms with Gasteiger partial charge in [0.2, 0.25) is 0 Å². The van der Waals surface area contributed by atoms with Crippen molar-refractivity contribution in [1.29, 1.82) is 0 Å². The lowest BCUT2D eigenvalue weighted by Gasteiger charge is -2.10. The molecule has 0 atom stereocenters. The summed E-state index contributed by atoms with van der Waals surface area (Å²) >= 11 is 5.28. The van der Waals surface area contributed by atoms with Crippen LogP contribution < -0.4 is 15.4 Å². The van der Waals surface area contributed by atoms with Crippen molar-refractivity contribution >= 4 is 40.0 Å². The van der Waals surface area contributed by atoms with Gasteiger partial charge in [-0.1, -0.05) is 12.1 Å². The summed E-state index contributed by atoms with van der Waals surface area (Å²) in [7, 11) is 0. The fourth-order valence-corrected chi connectivity index (χ4v) is 3.60. The van der Waals surface area contributed by atoms with Crippen LogP contribution >= 0.6 is 12.2 Å². The highest BCUT2D eigenvalue weighted by atomic mass is 32.1. The van der Waals surface area contributed by atoms with Crippen LogP contribution in [0.2, 0.25) is 0 Å². The first-order valence-electron chi connectivity index (χ1n) is 10.7. The van der Waals surface area contributed by atoms with Gasteiger partial charge in [-0.3, -0.25) is 10.1 Å². The van der Waals surface area contributed by atoms with Crippen LogP contribution in [0.4, 0.5) is 5.69 Å². The van der Waals surface area contributed by atoms with Crippen LogP contribution in [0, 0.1) is 13.8 Å². The van der Waals surface area contributed by atoms with Crippen molar-refractivity contribution < 1.29 is 13.9 Å². The summed E-state index contributed by atoms with van der Waals surface area (Å²) in [5.74, 6) is 1.11. The molecule has 0 radical (unpaired) electrons. The van der Waals surface area contributed by atoms with E-state index in [0.29, 0.717) is 24.5 Å². The van der Waals surface area contributed by atoms with Crippen LogP contribution in [0.1, 0.15) is 39.9 Å². The molecule has 33 heavy (non-hydrogen) atoms. The van der Waals surface area contributed by atoms with Crippen molar-refractivity contribution in [2.24, 2.45) is 0 Å². The summed E-state index contributed by atoms with van der Waals surface area (Å²) in [4.78, 5) is 17.0. The number of oxazole rings is 1. The number of amides is 1. The second-order valence-corrected chi connectivity index (χ2v) is 8.16. The zero-order valence-corrected chi connectivity index (χ0v) is 19.6. The Kier molecular flexibility index (Phi) is 6.70. The van der Waals surface area contributed by atoms with Crippen molar-refractivity contribution in [2.45, 2.75) is 27.2 Å². The number of rotatable bonds is 6. The maximum atomic E-state index is 12.4. The fourth-order valence-electron chi connectivity index (χ4n) is 3.39. The van der Waals surface area contributed by atoms with Crippen LogP contribution in [0.5, 0.6) is 5.75 Å². The molecule has 1 heterocycles. The lowest BCUT2D eigenvalue weighted by molar-refractivity contribution is 0.0977. The Bertz CT molecular complexity index is 1260. The van der Waals surface area contributed by atoms with Crippen LogP contribution in [-0.4, -0.2) is 22.6 Å². The molecule has 1 amide bonds. The minimum Gasteiger partial charge on any atom is -0.494 e. The van der Waals surface area contributed by atoms with E-state index in [4.69, 9.17) is 21.4 Å². The number of thiocarbonyl (C=S) groups is 1. The number of nitrogens with one attached hydrogen (secondary N) is 2. The Labute approximate surface area is 198 Å². The normalized spacial score (nSPS) is 10.8. The number of hydrogen-bond acceptors (Lipinski definition) is 5. The van der Waals surface area contributed by atoms with Gasteiger partial charge in [-0.15, -0.1) is 0 Å². The summed E-state index contributed by atoms with van der Waals surface area (Å²) in [5, 5.41) is 5.95. The first kappa shape index (κ1) is 22.5. The number of aromatic nitrogens is 1. The number of nitrogens with zero attached hydrogens (tertiary/aromatic N) is 1. The Balaban J connectivity index is 1.34. The van der Waals surface area contributed by atoms with Gasteiger partial charge in [-0.05, 0) is 98.2 Å². The van der Waals surface area contributed by atoms with Crippen LogP contribution in [-0.2, 0) is 6.42 Å². The van der Waals surface area contributed by atoms with E-state index >= 15 is 0 Å². The van der Waals surface area contributed by atoms with Gasteiger partial charge in [-0.2, -0.15) is 0 Å². The highest BCUT2D eigenvalue weighted by molar-refractivity contribution is 7.80. The summed E-state index contributed by atoms with van der Waals surface area (Å²) < 4.78 is 11.3. The Hall–Kier alpha value is -3.71. The Morgan fingerprint density at radius 2 is 1.73 bits per heavy atom. The molecule has 0 aliphatic heterocycles. The van der Waals surface area contributed by atoms with Gasteiger partial charge in [0, 0.05) is 17.7 Å². The average Bonchev–Trinajstić information content (AvgIpc) is 3.17. The number of benzene rings is 3.